The predicted octanol–water partition coefficient (Wildman–Crippen LogP) is 2.16. The van der Waals surface area contributed by atoms with E-state index in [9.17, 15) is 14.4 Å². The average molecular weight is 320 g/mol. The molecule has 0 spiro atoms. The topological polar surface area (TPSA) is 85.8 Å². The van der Waals surface area contributed by atoms with Crippen molar-refractivity contribution in [3.63, 3.8) is 0 Å². The lowest BCUT2D eigenvalue weighted by Gasteiger charge is -2.30. The molecule has 1 fully saturated rings. The van der Waals surface area contributed by atoms with E-state index in [-0.39, 0.29) is 5.78 Å². The molecule has 7 heteroatoms. The smallest absolute Gasteiger partial charge is 0.413 e. The molecule has 2 rings (SSSR count). The molecule has 0 aromatic carbocycles. The van der Waals surface area contributed by atoms with Crippen LogP contribution in [0.1, 0.15) is 43.0 Å². The molecule has 0 saturated heterocycles. The number of carbonyl (C=O) groups excluding carboxylic acids is 3. The van der Waals surface area contributed by atoms with Crippen LogP contribution < -0.4 is 0 Å². The molecule has 2 atom stereocenters. The van der Waals surface area contributed by atoms with Crippen LogP contribution >= 0.6 is 0 Å². The summed E-state index contributed by atoms with van der Waals surface area (Å²) in [4.78, 5) is 40.8. The van der Waals surface area contributed by atoms with Crippen LogP contribution in [0.15, 0.2) is 24.5 Å². The van der Waals surface area contributed by atoms with E-state index in [1.807, 2.05) is 0 Å². The van der Waals surface area contributed by atoms with Crippen LogP contribution in [-0.2, 0) is 14.3 Å². The number of ketones is 1. The van der Waals surface area contributed by atoms with Crippen LogP contribution in [0.25, 0.3) is 0 Å². The predicted molar refractivity (Wildman–Crippen MR) is 80.6 cm³/mol. The second-order valence-electron chi connectivity index (χ2n) is 5.43. The quantitative estimate of drug-likeness (QED) is 0.624. The first-order valence-electron chi connectivity index (χ1n) is 7.56. The van der Waals surface area contributed by atoms with Crippen molar-refractivity contribution in [1.82, 2.24) is 9.88 Å². The number of likely N-dealkylation sites (N-methyl/N-ethyl adjacent to an activating group) is 1. The van der Waals surface area contributed by atoms with Gasteiger partial charge in [-0.2, -0.15) is 0 Å². The second-order valence-corrected chi connectivity index (χ2v) is 5.43. The van der Waals surface area contributed by atoms with E-state index in [1.54, 1.807) is 0 Å². The molecule has 1 heterocycles. The molecule has 1 aliphatic rings. The number of rotatable bonds is 4. The molecular weight excluding hydrogens is 300 g/mol. The van der Waals surface area contributed by atoms with Gasteiger partial charge in [0.2, 0.25) is 6.29 Å². The SMILES string of the molecule is CC(OC(=O)c1ccncc1)OC(=O)N(C)[C@@H]1CCCCC1=O. The molecule has 1 amide bonds. The van der Waals surface area contributed by atoms with Gasteiger partial charge in [0.25, 0.3) is 0 Å². The highest BCUT2D eigenvalue weighted by molar-refractivity contribution is 5.89. The summed E-state index contributed by atoms with van der Waals surface area (Å²) < 4.78 is 10.1. The van der Waals surface area contributed by atoms with Gasteiger partial charge in [-0.15, -0.1) is 0 Å². The van der Waals surface area contributed by atoms with Gasteiger partial charge in [0.15, 0.2) is 5.78 Å². The number of ether oxygens (including phenoxy) is 2. The summed E-state index contributed by atoms with van der Waals surface area (Å²) in [7, 11) is 1.52. The van der Waals surface area contributed by atoms with Crippen LogP contribution in [0.4, 0.5) is 4.79 Å². The molecule has 23 heavy (non-hydrogen) atoms. The van der Waals surface area contributed by atoms with Crippen molar-refractivity contribution in [2.24, 2.45) is 0 Å². The number of nitrogens with zero attached hydrogens (tertiary/aromatic N) is 2. The molecule has 7 nitrogen and oxygen atoms in total. The highest BCUT2D eigenvalue weighted by Crippen LogP contribution is 2.19. The summed E-state index contributed by atoms with van der Waals surface area (Å²) in [5, 5.41) is 0. The number of hydrogen-bond acceptors (Lipinski definition) is 6. The molecule has 124 valence electrons. The fraction of sp³-hybridized carbons (Fsp3) is 0.500. The third-order valence-electron chi connectivity index (χ3n) is 3.73. The number of aromatic nitrogens is 1. The first kappa shape index (κ1) is 16.9. The Labute approximate surface area is 134 Å². The van der Waals surface area contributed by atoms with E-state index in [4.69, 9.17) is 9.47 Å². The highest BCUT2D eigenvalue weighted by atomic mass is 16.7. The lowest BCUT2D eigenvalue weighted by atomic mass is 9.93. The van der Waals surface area contributed by atoms with Crippen molar-refractivity contribution in [2.45, 2.75) is 44.9 Å². The van der Waals surface area contributed by atoms with Crippen molar-refractivity contribution in [3.8, 4) is 0 Å². The van der Waals surface area contributed by atoms with Crippen LogP contribution in [0.2, 0.25) is 0 Å². The summed E-state index contributed by atoms with van der Waals surface area (Å²) in [6.45, 7) is 1.45. The third kappa shape index (κ3) is 4.51. The maximum atomic E-state index is 12.1. The number of esters is 1. The summed E-state index contributed by atoms with van der Waals surface area (Å²) in [5.41, 5.74) is 0.318. The number of amides is 1. The Hall–Kier alpha value is -2.44. The zero-order valence-corrected chi connectivity index (χ0v) is 13.2. The molecule has 0 radical (unpaired) electrons. The van der Waals surface area contributed by atoms with Crippen LogP contribution in [0.5, 0.6) is 0 Å². The molecule has 1 aromatic heterocycles. The lowest BCUT2D eigenvalue weighted by molar-refractivity contribution is -0.126. The maximum absolute atomic E-state index is 12.1. The normalized spacial score (nSPS) is 18.9. The number of Topliss-reactive ketones (excluding diaryl/α,β-unsaturated/α-hetero) is 1. The Kier molecular flexibility index (Phi) is 5.67. The first-order valence-corrected chi connectivity index (χ1v) is 7.56. The van der Waals surface area contributed by atoms with Gasteiger partial charge in [0.1, 0.15) is 0 Å². The second kappa shape index (κ2) is 7.71. The van der Waals surface area contributed by atoms with Gasteiger partial charge in [0, 0.05) is 32.8 Å². The van der Waals surface area contributed by atoms with Crippen molar-refractivity contribution in [1.29, 1.82) is 0 Å². The number of pyridine rings is 1. The van der Waals surface area contributed by atoms with Crippen LogP contribution in [0.3, 0.4) is 0 Å². The van der Waals surface area contributed by atoms with Gasteiger partial charge in [-0.05, 0) is 25.0 Å². The van der Waals surface area contributed by atoms with Gasteiger partial charge in [-0.3, -0.25) is 9.78 Å². The van der Waals surface area contributed by atoms with Gasteiger partial charge in [-0.25, -0.2) is 9.59 Å². The van der Waals surface area contributed by atoms with E-state index in [2.05, 4.69) is 4.98 Å². The maximum Gasteiger partial charge on any atom is 0.413 e. The molecule has 1 aromatic rings. The van der Waals surface area contributed by atoms with E-state index in [0.717, 1.165) is 12.8 Å². The highest BCUT2D eigenvalue weighted by Gasteiger charge is 2.30. The zero-order valence-electron chi connectivity index (χ0n) is 13.2. The molecule has 0 aliphatic heterocycles. The summed E-state index contributed by atoms with van der Waals surface area (Å²) in [6.07, 6.45) is 4.08. The van der Waals surface area contributed by atoms with E-state index < -0.39 is 24.4 Å². The van der Waals surface area contributed by atoms with Crippen LogP contribution in [-0.4, -0.2) is 47.1 Å². The van der Waals surface area contributed by atoms with E-state index in [1.165, 1.54) is 43.4 Å². The lowest BCUT2D eigenvalue weighted by Crippen LogP contribution is -2.45. The fourth-order valence-electron chi connectivity index (χ4n) is 2.46. The van der Waals surface area contributed by atoms with E-state index in [0.29, 0.717) is 18.4 Å². The molecule has 1 unspecified atom stereocenters. The minimum atomic E-state index is -1.05. The summed E-state index contributed by atoms with van der Waals surface area (Å²) in [6, 6.07) is 2.55. The van der Waals surface area contributed by atoms with Gasteiger partial charge in [-0.1, -0.05) is 6.42 Å². The van der Waals surface area contributed by atoms with E-state index >= 15 is 0 Å². The fourth-order valence-corrected chi connectivity index (χ4v) is 2.46. The van der Waals surface area contributed by atoms with Gasteiger partial charge < -0.3 is 14.4 Å². The Bertz CT molecular complexity index is 575. The number of hydrogen-bond donors (Lipinski definition) is 0. The number of carbonyl (C=O) groups is 3. The minimum Gasteiger partial charge on any atom is -0.422 e. The largest absolute Gasteiger partial charge is 0.422 e. The van der Waals surface area contributed by atoms with Crippen molar-refractivity contribution < 1.29 is 23.9 Å². The zero-order chi connectivity index (χ0) is 16.8. The third-order valence-corrected chi connectivity index (χ3v) is 3.73. The molecule has 1 aliphatic carbocycles. The Morgan fingerprint density at radius 3 is 2.61 bits per heavy atom. The standard InChI is InChI=1S/C16H20N2O5/c1-11(22-15(20)12-7-9-17-10-8-12)23-16(21)18(2)13-5-3-4-6-14(13)19/h7-11,13H,3-6H2,1-2H3/t11?,13-/m1/s1. The van der Waals surface area contributed by atoms with Crippen molar-refractivity contribution in [3.05, 3.63) is 30.1 Å². The van der Waals surface area contributed by atoms with Gasteiger partial charge >= 0.3 is 12.1 Å². The Morgan fingerprint density at radius 2 is 1.96 bits per heavy atom. The molecular formula is C16H20N2O5. The molecule has 1 saturated carbocycles. The van der Waals surface area contributed by atoms with Gasteiger partial charge in [0.05, 0.1) is 11.6 Å². The minimum absolute atomic E-state index is 0.0390. The monoisotopic (exact) mass is 320 g/mol. The molecule has 0 N–H and O–H groups in total. The summed E-state index contributed by atoms with van der Waals surface area (Å²) in [5.74, 6) is -0.568. The molecule has 0 bridgehead atoms. The van der Waals surface area contributed by atoms with Crippen molar-refractivity contribution >= 4 is 17.8 Å². The average Bonchev–Trinajstić information content (AvgIpc) is 2.55. The summed E-state index contributed by atoms with van der Waals surface area (Å²) >= 11 is 0. The Balaban J connectivity index is 1.86. The Morgan fingerprint density at radius 1 is 1.26 bits per heavy atom. The van der Waals surface area contributed by atoms with Crippen LogP contribution in [0, 0.1) is 0 Å². The van der Waals surface area contributed by atoms with Crippen molar-refractivity contribution in [2.75, 3.05) is 7.05 Å². The first-order chi connectivity index (χ1) is 11.0.